The van der Waals surface area contributed by atoms with E-state index in [2.05, 4.69) is 32.2 Å². The monoisotopic (exact) mass is 311 g/mol. The Bertz CT molecular complexity index is 452. The van der Waals surface area contributed by atoms with Gasteiger partial charge < -0.3 is 5.32 Å². The topological polar surface area (TPSA) is 39.1 Å². The molecule has 96 valence electrons. The van der Waals surface area contributed by atoms with Gasteiger partial charge in [-0.1, -0.05) is 15.9 Å². The lowest BCUT2D eigenvalue weighted by molar-refractivity contribution is 0.175. The Hall–Kier alpha value is -0.960. The van der Waals surface area contributed by atoms with Crippen molar-refractivity contribution in [3.05, 3.63) is 34.1 Å². The number of piperazine rings is 1. The number of benzene rings is 1. The van der Waals surface area contributed by atoms with E-state index in [1.54, 1.807) is 6.07 Å². The zero-order valence-electron chi connectivity index (χ0n) is 10.00. The fourth-order valence-electron chi connectivity index (χ4n) is 2.29. The summed E-state index contributed by atoms with van der Waals surface area (Å²) in [6.45, 7) is 3.59. The molecule has 1 heterocycles. The third kappa shape index (κ3) is 3.08. The summed E-state index contributed by atoms with van der Waals surface area (Å²) in [5.74, 6) is -0.258. The molecule has 5 heteroatoms. The van der Waals surface area contributed by atoms with Crippen LogP contribution in [-0.4, -0.2) is 31.1 Å². The van der Waals surface area contributed by atoms with Gasteiger partial charge in [-0.15, -0.1) is 0 Å². The molecule has 1 N–H and O–H groups in total. The number of nitriles is 1. The van der Waals surface area contributed by atoms with Crippen molar-refractivity contribution < 1.29 is 4.39 Å². The first-order valence-corrected chi connectivity index (χ1v) is 6.78. The molecular formula is C13H15BrFN3. The summed E-state index contributed by atoms with van der Waals surface area (Å²) in [4.78, 5) is 2.24. The first-order chi connectivity index (χ1) is 8.72. The van der Waals surface area contributed by atoms with Crippen molar-refractivity contribution in [1.82, 2.24) is 10.2 Å². The lowest BCUT2D eigenvalue weighted by atomic mass is 10.0. The molecule has 1 aromatic rings. The molecular weight excluding hydrogens is 297 g/mol. The van der Waals surface area contributed by atoms with Gasteiger partial charge in [0, 0.05) is 36.7 Å². The third-order valence-corrected chi connectivity index (χ3v) is 3.92. The molecule has 1 saturated heterocycles. The molecule has 0 spiro atoms. The minimum absolute atomic E-state index is 0.0397. The molecule has 1 aliphatic heterocycles. The zero-order chi connectivity index (χ0) is 13.0. The summed E-state index contributed by atoms with van der Waals surface area (Å²) in [5, 5.41) is 12.3. The van der Waals surface area contributed by atoms with Gasteiger partial charge >= 0.3 is 0 Å². The molecule has 3 nitrogen and oxygen atoms in total. The van der Waals surface area contributed by atoms with Crippen LogP contribution in [0.1, 0.15) is 18.0 Å². The lowest BCUT2D eigenvalue weighted by Gasteiger charge is -2.34. The van der Waals surface area contributed by atoms with E-state index < -0.39 is 0 Å². The van der Waals surface area contributed by atoms with E-state index >= 15 is 0 Å². The Morgan fingerprint density at radius 3 is 2.83 bits per heavy atom. The van der Waals surface area contributed by atoms with Gasteiger partial charge in [-0.2, -0.15) is 5.26 Å². The van der Waals surface area contributed by atoms with Crippen molar-refractivity contribution in [2.45, 2.75) is 12.5 Å². The van der Waals surface area contributed by atoms with Crippen LogP contribution in [0, 0.1) is 17.1 Å². The van der Waals surface area contributed by atoms with Gasteiger partial charge in [0.2, 0.25) is 0 Å². The van der Waals surface area contributed by atoms with Crippen molar-refractivity contribution in [2.75, 3.05) is 26.2 Å². The summed E-state index contributed by atoms with van der Waals surface area (Å²) in [6, 6.07) is 6.82. The van der Waals surface area contributed by atoms with Gasteiger partial charge in [-0.3, -0.25) is 4.90 Å². The van der Waals surface area contributed by atoms with Crippen LogP contribution in [0.5, 0.6) is 0 Å². The number of rotatable bonds is 3. The second-order valence-corrected chi connectivity index (χ2v) is 5.18. The largest absolute Gasteiger partial charge is 0.314 e. The highest BCUT2D eigenvalue weighted by molar-refractivity contribution is 9.10. The normalized spacial score (nSPS) is 18.3. The predicted molar refractivity (Wildman–Crippen MR) is 71.5 cm³/mol. The Morgan fingerprint density at radius 2 is 2.17 bits per heavy atom. The molecule has 0 amide bonds. The molecule has 1 aliphatic rings. The first kappa shape index (κ1) is 13.5. The van der Waals surface area contributed by atoms with E-state index in [1.165, 1.54) is 12.1 Å². The third-order valence-electron chi connectivity index (χ3n) is 3.19. The molecule has 0 radical (unpaired) electrons. The minimum Gasteiger partial charge on any atom is -0.314 e. The molecule has 18 heavy (non-hydrogen) atoms. The van der Waals surface area contributed by atoms with Crippen LogP contribution in [0.4, 0.5) is 4.39 Å². The average Bonchev–Trinajstić information content (AvgIpc) is 2.40. The van der Waals surface area contributed by atoms with E-state index in [-0.39, 0.29) is 11.9 Å². The Balaban J connectivity index is 2.28. The summed E-state index contributed by atoms with van der Waals surface area (Å²) >= 11 is 3.45. The number of hydrogen-bond acceptors (Lipinski definition) is 3. The van der Waals surface area contributed by atoms with E-state index in [0.29, 0.717) is 6.42 Å². The number of halogens is 2. The maximum absolute atomic E-state index is 13.4. The fourth-order valence-corrected chi connectivity index (χ4v) is 2.80. The number of nitrogens with one attached hydrogen (secondary N) is 1. The van der Waals surface area contributed by atoms with E-state index in [1.807, 2.05) is 0 Å². The van der Waals surface area contributed by atoms with Crippen LogP contribution in [0.2, 0.25) is 0 Å². The van der Waals surface area contributed by atoms with Gasteiger partial charge in [0.15, 0.2) is 0 Å². The highest BCUT2D eigenvalue weighted by atomic mass is 79.9. The van der Waals surface area contributed by atoms with Crippen LogP contribution in [-0.2, 0) is 0 Å². The van der Waals surface area contributed by atoms with E-state index in [0.717, 1.165) is 36.2 Å². The SMILES string of the molecule is N#CC[C@@H](c1cc(F)ccc1Br)N1CCNCC1. The first-order valence-electron chi connectivity index (χ1n) is 5.99. The molecule has 1 atom stereocenters. The average molecular weight is 312 g/mol. The smallest absolute Gasteiger partial charge is 0.123 e. The summed E-state index contributed by atoms with van der Waals surface area (Å²) in [6.07, 6.45) is 0.377. The van der Waals surface area contributed by atoms with Crippen molar-refractivity contribution in [3.8, 4) is 6.07 Å². The molecule has 2 rings (SSSR count). The minimum atomic E-state index is -0.258. The zero-order valence-corrected chi connectivity index (χ0v) is 11.6. The van der Waals surface area contributed by atoms with Gasteiger partial charge in [0.1, 0.15) is 5.82 Å². The molecule has 0 unspecified atom stereocenters. The van der Waals surface area contributed by atoms with E-state index in [4.69, 9.17) is 5.26 Å². The van der Waals surface area contributed by atoms with Crippen LogP contribution >= 0.6 is 15.9 Å². The highest BCUT2D eigenvalue weighted by Crippen LogP contribution is 2.31. The Kier molecular flexibility index (Phi) is 4.70. The summed E-state index contributed by atoms with van der Waals surface area (Å²) in [5.41, 5.74) is 0.860. The predicted octanol–water partition coefficient (Wildman–Crippen LogP) is 2.45. The lowest BCUT2D eigenvalue weighted by Crippen LogP contribution is -2.45. The van der Waals surface area contributed by atoms with E-state index in [9.17, 15) is 4.39 Å². The van der Waals surface area contributed by atoms with Crippen LogP contribution in [0.3, 0.4) is 0 Å². The summed E-state index contributed by atoms with van der Waals surface area (Å²) in [7, 11) is 0. The molecule has 0 saturated carbocycles. The maximum Gasteiger partial charge on any atom is 0.123 e. The van der Waals surface area contributed by atoms with Gasteiger partial charge in [-0.05, 0) is 23.8 Å². The fraction of sp³-hybridized carbons (Fsp3) is 0.462. The molecule has 0 aliphatic carbocycles. The molecule has 1 aromatic carbocycles. The molecule has 0 bridgehead atoms. The van der Waals surface area contributed by atoms with Gasteiger partial charge in [-0.25, -0.2) is 4.39 Å². The van der Waals surface area contributed by atoms with Gasteiger partial charge in [0.25, 0.3) is 0 Å². The second kappa shape index (κ2) is 6.28. The molecule has 0 aromatic heterocycles. The number of hydrogen-bond donors (Lipinski definition) is 1. The van der Waals surface area contributed by atoms with Crippen molar-refractivity contribution in [3.63, 3.8) is 0 Å². The Morgan fingerprint density at radius 1 is 1.44 bits per heavy atom. The maximum atomic E-state index is 13.4. The number of nitrogens with zero attached hydrogens (tertiary/aromatic N) is 2. The standard InChI is InChI=1S/C13H15BrFN3/c14-12-2-1-10(15)9-11(12)13(3-4-16)18-7-5-17-6-8-18/h1-2,9,13,17H,3,5-8H2/t13-/m0/s1. The summed E-state index contributed by atoms with van der Waals surface area (Å²) < 4.78 is 14.2. The van der Waals surface area contributed by atoms with Crippen LogP contribution < -0.4 is 5.32 Å². The van der Waals surface area contributed by atoms with Crippen LogP contribution in [0.15, 0.2) is 22.7 Å². The molecule has 1 fully saturated rings. The quantitative estimate of drug-likeness (QED) is 0.932. The van der Waals surface area contributed by atoms with Crippen molar-refractivity contribution >= 4 is 15.9 Å². The van der Waals surface area contributed by atoms with Crippen molar-refractivity contribution in [2.24, 2.45) is 0 Å². The van der Waals surface area contributed by atoms with Crippen molar-refractivity contribution in [1.29, 1.82) is 5.26 Å². The van der Waals surface area contributed by atoms with Crippen LogP contribution in [0.25, 0.3) is 0 Å². The Labute approximate surface area is 115 Å². The highest BCUT2D eigenvalue weighted by Gasteiger charge is 2.24. The second-order valence-electron chi connectivity index (χ2n) is 4.33. The van der Waals surface area contributed by atoms with Gasteiger partial charge in [0.05, 0.1) is 12.5 Å².